The second kappa shape index (κ2) is 9.46. The summed E-state index contributed by atoms with van der Waals surface area (Å²) < 4.78 is 0. The van der Waals surface area contributed by atoms with Crippen LogP contribution in [0.15, 0.2) is 79.0 Å². The number of carbonyl (C=O) groups is 2. The zero-order chi connectivity index (χ0) is 19.8. The van der Waals surface area contributed by atoms with Crippen molar-refractivity contribution in [3.05, 3.63) is 95.8 Å². The molecule has 142 valence electrons. The maximum atomic E-state index is 13.2. The van der Waals surface area contributed by atoms with Crippen LogP contribution in [0, 0.1) is 0 Å². The lowest BCUT2D eigenvalue weighted by molar-refractivity contribution is -0.114. The largest absolute Gasteiger partial charge is 0.334 e. The minimum absolute atomic E-state index is 0.0769. The van der Waals surface area contributed by atoms with Crippen molar-refractivity contribution in [1.82, 2.24) is 9.88 Å². The quantitative estimate of drug-likeness (QED) is 0.683. The van der Waals surface area contributed by atoms with Gasteiger partial charge in [-0.3, -0.25) is 14.6 Å². The van der Waals surface area contributed by atoms with Gasteiger partial charge in [0.05, 0.1) is 0 Å². The van der Waals surface area contributed by atoms with Crippen molar-refractivity contribution in [2.75, 3.05) is 11.9 Å². The molecule has 0 aliphatic heterocycles. The number of anilines is 1. The highest BCUT2D eigenvalue weighted by Crippen LogP contribution is 2.15. The van der Waals surface area contributed by atoms with Gasteiger partial charge in [-0.1, -0.05) is 42.5 Å². The third-order valence-corrected chi connectivity index (χ3v) is 4.30. The fourth-order valence-electron chi connectivity index (χ4n) is 2.97. The molecule has 0 saturated heterocycles. The van der Waals surface area contributed by atoms with Gasteiger partial charge in [-0.05, 0) is 35.9 Å². The summed E-state index contributed by atoms with van der Waals surface area (Å²) in [6.07, 6.45) is 2.43. The lowest BCUT2D eigenvalue weighted by atomic mass is 10.1. The van der Waals surface area contributed by atoms with E-state index in [-0.39, 0.29) is 11.8 Å². The fraction of sp³-hybridized carbons (Fsp3) is 0.174. The van der Waals surface area contributed by atoms with Crippen molar-refractivity contribution in [1.29, 1.82) is 0 Å². The number of aromatic nitrogens is 1. The summed E-state index contributed by atoms with van der Waals surface area (Å²) in [6.45, 7) is 2.51. The van der Waals surface area contributed by atoms with Crippen LogP contribution in [0.5, 0.6) is 0 Å². The Kier molecular flexibility index (Phi) is 6.52. The number of pyridine rings is 1. The second-order valence-corrected chi connectivity index (χ2v) is 6.55. The average Bonchev–Trinajstić information content (AvgIpc) is 2.72. The second-order valence-electron chi connectivity index (χ2n) is 6.55. The Morgan fingerprint density at radius 3 is 2.46 bits per heavy atom. The van der Waals surface area contributed by atoms with E-state index >= 15 is 0 Å². The topological polar surface area (TPSA) is 62.3 Å². The van der Waals surface area contributed by atoms with Crippen molar-refractivity contribution >= 4 is 17.5 Å². The van der Waals surface area contributed by atoms with Crippen LogP contribution < -0.4 is 5.32 Å². The Balaban J connectivity index is 1.80. The molecule has 0 radical (unpaired) electrons. The highest BCUT2D eigenvalue weighted by molar-refractivity contribution is 5.96. The summed E-state index contributed by atoms with van der Waals surface area (Å²) in [7, 11) is 0. The van der Waals surface area contributed by atoms with E-state index in [9.17, 15) is 9.59 Å². The first-order chi connectivity index (χ1) is 13.6. The van der Waals surface area contributed by atoms with Crippen LogP contribution in [0.4, 0.5) is 5.69 Å². The third kappa shape index (κ3) is 5.51. The third-order valence-electron chi connectivity index (χ3n) is 4.30. The first-order valence-electron chi connectivity index (χ1n) is 9.22. The number of rotatable bonds is 7. The zero-order valence-electron chi connectivity index (χ0n) is 15.8. The first-order valence-corrected chi connectivity index (χ1v) is 9.22. The molecule has 0 unspecified atom stereocenters. The predicted octanol–water partition coefficient (Wildman–Crippen LogP) is 3.93. The minimum atomic E-state index is -0.166. The SMILES string of the molecule is CC(=O)Nc1cccc(C(=O)N(CCc2ccccn2)Cc2ccccc2)c1. The molecule has 1 N–H and O–H groups in total. The highest BCUT2D eigenvalue weighted by atomic mass is 16.2. The summed E-state index contributed by atoms with van der Waals surface area (Å²) in [5.74, 6) is -0.243. The van der Waals surface area contributed by atoms with Crippen LogP contribution in [0.25, 0.3) is 0 Å². The maximum absolute atomic E-state index is 13.2. The van der Waals surface area contributed by atoms with Gasteiger partial charge >= 0.3 is 0 Å². The number of hydrogen-bond donors (Lipinski definition) is 1. The van der Waals surface area contributed by atoms with Crippen LogP contribution in [0.3, 0.4) is 0 Å². The molecule has 1 aromatic heterocycles. The van der Waals surface area contributed by atoms with Crippen LogP contribution in [-0.4, -0.2) is 28.2 Å². The first kappa shape index (κ1) is 19.3. The van der Waals surface area contributed by atoms with Gasteiger partial charge in [0.15, 0.2) is 0 Å². The molecule has 2 amide bonds. The number of carbonyl (C=O) groups excluding carboxylic acids is 2. The fourth-order valence-corrected chi connectivity index (χ4v) is 2.97. The van der Waals surface area contributed by atoms with Gasteiger partial charge in [0.1, 0.15) is 0 Å². The van der Waals surface area contributed by atoms with Gasteiger partial charge in [-0.25, -0.2) is 0 Å². The van der Waals surface area contributed by atoms with Crippen LogP contribution in [0.2, 0.25) is 0 Å². The smallest absolute Gasteiger partial charge is 0.254 e. The summed E-state index contributed by atoms with van der Waals surface area (Å²) in [4.78, 5) is 30.7. The van der Waals surface area contributed by atoms with Gasteiger partial charge in [-0.2, -0.15) is 0 Å². The number of nitrogens with zero attached hydrogens (tertiary/aromatic N) is 2. The van der Waals surface area contributed by atoms with E-state index in [4.69, 9.17) is 0 Å². The van der Waals surface area contributed by atoms with E-state index in [0.717, 1.165) is 11.3 Å². The molecular weight excluding hydrogens is 350 g/mol. The summed E-state index contributed by atoms with van der Waals surface area (Å²) >= 11 is 0. The molecule has 0 fully saturated rings. The van der Waals surface area contributed by atoms with E-state index in [1.54, 1.807) is 30.5 Å². The summed E-state index contributed by atoms with van der Waals surface area (Å²) in [5, 5.41) is 2.73. The van der Waals surface area contributed by atoms with Crippen molar-refractivity contribution < 1.29 is 9.59 Å². The predicted molar refractivity (Wildman–Crippen MR) is 110 cm³/mol. The molecule has 3 aromatic rings. The summed E-state index contributed by atoms with van der Waals surface area (Å²) in [6, 6.07) is 22.7. The van der Waals surface area contributed by atoms with Gasteiger partial charge in [0, 0.05) is 49.6 Å². The number of nitrogens with one attached hydrogen (secondary N) is 1. The molecule has 28 heavy (non-hydrogen) atoms. The molecular formula is C23H23N3O2. The molecule has 5 nitrogen and oxygen atoms in total. The Hall–Kier alpha value is -3.47. The molecule has 0 aliphatic rings. The zero-order valence-corrected chi connectivity index (χ0v) is 15.8. The lowest BCUT2D eigenvalue weighted by Gasteiger charge is -2.23. The molecule has 1 heterocycles. The molecule has 0 aliphatic carbocycles. The monoisotopic (exact) mass is 373 g/mol. The van der Waals surface area contributed by atoms with Crippen molar-refractivity contribution in [3.8, 4) is 0 Å². The molecule has 0 spiro atoms. The van der Waals surface area contributed by atoms with Gasteiger partial charge in [0.25, 0.3) is 5.91 Å². The van der Waals surface area contributed by atoms with E-state index in [2.05, 4.69) is 10.3 Å². The Labute approximate surface area is 165 Å². The standard InChI is InChI=1S/C23H23N3O2/c1-18(27)25-22-12-7-10-20(16-22)23(28)26(17-19-8-3-2-4-9-19)15-13-21-11-5-6-14-24-21/h2-12,14,16H,13,15,17H2,1H3,(H,25,27). The van der Waals surface area contributed by atoms with Crippen molar-refractivity contribution in [3.63, 3.8) is 0 Å². The Morgan fingerprint density at radius 1 is 0.964 bits per heavy atom. The summed E-state index contributed by atoms with van der Waals surface area (Å²) in [5.41, 5.74) is 3.17. The van der Waals surface area contributed by atoms with Crippen molar-refractivity contribution in [2.24, 2.45) is 0 Å². The highest BCUT2D eigenvalue weighted by Gasteiger charge is 2.17. The maximum Gasteiger partial charge on any atom is 0.254 e. The number of amides is 2. The number of hydrogen-bond acceptors (Lipinski definition) is 3. The van der Waals surface area contributed by atoms with Gasteiger partial charge in [0.2, 0.25) is 5.91 Å². The normalized spacial score (nSPS) is 10.3. The van der Waals surface area contributed by atoms with Gasteiger partial charge < -0.3 is 10.2 Å². The number of benzene rings is 2. The minimum Gasteiger partial charge on any atom is -0.334 e. The lowest BCUT2D eigenvalue weighted by Crippen LogP contribution is -2.32. The van der Waals surface area contributed by atoms with E-state index < -0.39 is 0 Å². The van der Waals surface area contributed by atoms with Crippen LogP contribution in [0.1, 0.15) is 28.5 Å². The van der Waals surface area contributed by atoms with Crippen LogP contribution >= 0.6 is 0 Å². The molecule has 0 atom stereocenters. The Bertz CT molecular complexity index is 927. The van der Waals surface area contributed by atoms with E-state index in [1.807, 2.05) is 53.4 Å². The Morgan fingerprint density at radius 2 is 1.75 bits per heavy atom. The molecule has 0 bridgehead atoms. The molecule has 5 heteroatoms. The van der Waals surface area contributed by atoms with Crippen molar-refractivity contribution in [2.45, 2.75) is 19.9 Å². The molecule has 0 saturated carbocycles. The van der Waals surface area contributed by atoms with Crippen LogP contribution in [-0.2, 0) is 17.8 Å². The van der Waals surface area contributed by atoms with E-state index in [1.165, 1.54) is 6.92 Å². The molecule has 2 aromatic carbocycles. The van der Waals surface area contributed by atoms with E-state index in [0.29, 0.717) is 30.8 Å². The average molecular weight is 373 g/mol. The molecule has 3 rings (SSSR count). The van der Waals surface area contributed by atoms with Gasteiger partial charge in [-0.15, -0.1) is 0 Å².